The Hall–Kier alpha value is -0.380. The molecule has 1 N–H and O–H groups in total. The van der Waals surface area contributed by atoms with Crippen molar-refractivity contribution in [2.45, 2.75) is 18.6 Å². The highest BCUT2D eigenvalue weighted by Crippen LogP contribution is 2.30. The average Bonchev–Trinajstić information content (AvgIpc) is 1.86. The van der Waals surface area contributed by atoms with Crippen LogP contribution in [0.2, 0.25) is 0 Å². The molecular weight excluding hydrogens is 160 g/mol. The molecule has 0 amide bonds. The maximum absolute atomic E-state index is 8.73. The summed E-state index contributed by atoms with van der Waals surface area (Å²) in [7, 11) is 1.95. The molecule has 1 rings (SSSR count). The van der Waals surface area contributed by atoms with Crippen LogP contribution < -0.4 is 0 Å². The van der Waals surface area contributed by atoms with E-state index in [-0.39, 0.29) is 4.75 Å². The molecule has 1 aliphatic heterocycles. The average molecular weight is 174 g/mol. The number of hydrogen-bond donors (Lipinski definition) is 1. The first-order valence-electron chi connectivity index (χ1n) is 3.65. The molecule has 0 atom stereocenters. The smallest absolute Gasteiger partial charge is 0.159 e. The summed E-state index contributed by atoms with van der Waals surface area (Å²) >= 11 is 1.82. The van der Waals surface area contributed by atoms with E-state index in [2.05, 4.69) is 19.0 Å². The Bertz CT molecular complexity index is 179. The minimum Gasteiger partial charge on any atom is -0.409 e. The van der Waals surface area contributed by atoms with Crippen LogP contribution in [0.3, 0.4) is 0 Å². The van der Waals surface area contributed by atoms with Crippen LogP contribution >= 0.6 is 11.8 Å². The van der Waals surface area contributed by atoms with Gasteiger partial charge in [-0.3, -0.25) is 0 Å². The predicted octanol–water partition coefficient (Wildman–Crippen LogP) is 1.23. The zero-order chi connectivity index (χ0) is 8.48. The molecule has 0 bridgehead atoms. The number of hydrogen-bond acceptors (Lipinski definition) is 3. The van der Waals surface area contributed by atoms with Crippen LogP contribution in [0, 0.1) is 0 Å². The van der Waals surface area contributed by atoms with Crippen molar-refractivity contribution < 1.29 is 5.21 Å². The summed E-state index contributed by atoms with van der Waals surface area (Å²) in [6.45, 7) is 5.11. The van der Waals surface area contributed by atoms with E-state index in [1.54, 1.807) is 0 Å². The van der Waals surface area contributed by atoms with Crippen LogP contribution in [-0.2, 0) is 0 Å². The first kappa shape index (κ1) is 8.71. The lowest BCUT2D eigenvalue weighted by Gasteiger charge is -2.36. The van der Waals surface area contributed by atoms with E-state index in [0.29, 0.717) is 0 Å². The van der Waals surface area contributed by atoms with Crippen molar-refractivity contribution in [2.75, 3.05) is 19.3 Å². The highest BCUT2D eigenvalue weighted by molar-refractivity contribution is 8.01. The van der Waals surface area contributed by atoms with Crippen LogP contribution in [0.1, 0.15) is 13.8 Å². The molecule has 1 heterocycles. The van der Waals surface area contributed by atoms with E-state index in [1.807, 2.05) is 23.7 Å². The summed E-state index contributed by atoms with van der Waals surface area (Å²) in [5.74, 6) is 1.87. The van der Waals surface area contributed by atoms with E-state index < -0.39 is 0 Å². The van der Waals surface area contributed by atoms with Gasteiger partial charge in [0.25, 0.3) is 0 Å². The number of oxime groups is 1. The zero-order valence-electron chi connectivity index (χ0n) is 7.16. The summed E-state index contributed by atoms with van der Waals surface area (Å²) in [5.41, 5.74) is 0. The van der Waals surface area contributed by atoms with Gasteiger partial charge in [0.05, 0.1) is 4.75 Å². The fourth-order valence-corrected chi connectivity index (χ4v) is 2.47. The van der Waals surface area contributed by atoms with Crippen LogP contribution in [0.4, 0.5) is 0 Å². The first-order valence-corrected chi connectivity index (χ1v) is 4.64. The molecular formula is C7H14N2OS. The molecule has 1 saturated heterocycles. The SMILES string of the molecule is CN1CCSC(C)(C)/C1=N/O. The first-order chi connectivity index (χ1) is 5.08. The molecule has 1 fully saturated rings. The minimum atomic E-state index is -0.0399. The Morgan fingerprint density at radius 1 is 1.64 bits per heavy atom. The molecule has 0 aromatic rings. The lowest BCUT2D eigenvalue weighted by molar-refractivity contribution is 0.301. The van der Waals surface area contributed by atoms with E-state index >= 15 is 0 Å². The van der Waals surface area contributed by atoms with Gasteiger partial charge >= 0.3 is 0 Å². The second-order valence-corrected chi connectivity index (χ2v) is 4.92. The second kappa shape index (κ2) is 2.93. The number of amidine groups is 1. The van der Waals surface area contributed by atoms with Gasteiger partial charge in [-0.15, -0.1) is 11.8 Å². The van der Waals surface area contributed by atoms with Crippen molar-refractivity contribution in [1.82, 2.24) is 4.90 Å². The lowest BCUT2D eigenvalue weighted by atomic mass is 10.1. The van der Waals surface area contributed by atoms with Crippen molar-refractivity contribution >= 4 is 17.6 Å². The Labute approximate surface area is 71.4 Å². The number of rotatable bonds is 0. The van der Waals surface area contributed by atoms with Crippen LogP contribution in [0.25, 0.3) is 0 Å². The fraction of sp³-hybridized carbons (Fsp3) is 0.857. The molecule has 0 unspecified atom stereocenters. The molecule has 0 aromatic carbocycles. The van der Waals surface area contributed by atoms with E-state index in [1.165, 1.54) is 0 Å². The Balaban J connectivity index is 2.82. The standard InChI is InChI=1S/C7H14N2OS/c1-7(2)6(8-10)9(3)4-5-11-7/h10H,4-5H2,1-3H3/b8-6-. The highest BCUT2D eigenvalue weighted by Gasteiger charge is 2.32. The van der Waals surface area contributed by atoms with Gasteiger partial charge in [0.15, 0.2) is 5.84 Å². The van der Waals surface area contributed by atoms with Gasteiger partial charge < -0.3 is 10.1 Å². The van der Waals surface area contributed by atoms with E-state index in [0.717, 1.165) is 18.1 Å². The van der Waals surface area contributed by atoms with Gasteiger partial charge in [0, 0.05) is 19.3 Å². The molecule has 0 aromatic heterocycles. The molecule has 0 aliphatic carbocycles. The van der Waals surface area contributed by atoms with Gasteiger partial charge in [-0.1, -0.05) is 5.16 Å². The maximum Gasteiger partial charge on any atom is 0.159 e. The van der Waals surface area contributed by atoms with Crippen molar-refractivity contribution in [2.24, 2.45) is 5.16 Å². The normalized spacial score (nSPS) is 27.5. The Morgan fingerprint density at radius 2 is 2.27 bits per heavy atom. The molecule has 4 heteroatoms. The maximum atomic E-state index is 8.73. The summed E-state index contributed by atoms with van der Waals surface area (Å²) < 4.78 is -0.0399. The summed E-state index contributed by atoms with van der Waals surface area (Å²) in [6.07, 6.45) is 0. The van der Waals surface area contributed by atoms with E-state index in [4.69, 9.17) is 5.21 Å². The molecule has 64 valence electrons. The molecule has 1 aliphatic rings. The molecule has 11 heavy (non-hydrogen) atoms. The summed E-state index contributed by atoms with van der Waals surface area (Å²) in [6, 6.07) is 0. The van der Waals surface area contributed by atoms with Crippen molar-refractivity contribution in [1.29, 1.82) is 0 Å². The van der Waals surface area contributed by atoms with Gasteiger partial charge in [-0.2, -0.15) is 0 Å². The quantitative estimate of drug-likeness (QED) is 0.443. The van der Waals surface area contributed by atoms with Gasteiger partial charge in [-0.05, 0) is 13.8 Å². The van der Waals surface area contributed by atoms with Crippen LogP contribution in [0.5, 0.6) is 0 Å². The minimum absolute atomic E-state index is 0.0399. The lowest BCUT2D eigenvalue weighted by Crippen LogP contribution is -2.46. The molecule has 3 nitrogen and oxygen atoms in total. The van der Waals surface area contributed by atoms with Crippen molar-refractivity contribution in [3.8, 4) is 0 Å². The largest absolute Gasteiger partial charge is 0.409 e. The summed E-state index contributed by atoms with van der Waals surface area (Å²) in [5, 5.41) is 12.0. The second-order valence-electron chi connectivity index (χ2n) is 3.20. The topological polar surface area (TPSA) is 35.8 Å². The summed E-state index contributed by atoms with van der Waals surface area (Å²) in [4.78, 5) is 2.00. The third kappa shape index (κ3) is 1.61. The number of nitrogens with zero attached hydrogens (tertiary/aromatic N) is 2. The van der Waals surface area contributed by atoms with Crippen LogP contribution in [0.15, 0.2) is 5.16 Å². The molecule has 0 radical (unpaired) electrons. The molecule has 0 saturated carbocycles. The fourth-order valence-electron chi connectivity index (χ4n) is 1.26. The van der Waals surface area contributed by atoms with Crippen molar-refractivity contribution in [3.63, 3.8) is 0 Å². The Kier molecular flexibility index (Phi) is 2.32. The monoisotopic (exact) mass is 174 g/mol. The number of thioether (sulfide) groups is 1. The third-order valence-electron chi connectivity index (χ3n) is 1.88. The van der Waals surface area contributed by atoms with Gasteiger partial charge in [-0.25, -0.2) is 0 Å². The zero-order valence-corrected chi connectivity index (χ0v) is 7.98. The predicted molar refractivity (Wildman–Crippen MR) is 48.4 cm³/mol. The van der Waals surface area contributed by atoms with Crippen molar-refractivity contribution in [3.05, 3.63) is 0 Å². The third-order valence-corrected chi connectivity index (χ3v) is 3.18. The Morgan fingerprint density at radius 3 is 2.64 bits per heavy atom. The van der Waals surface area contributed by atoms with Crippen LogP contribution in [-0.4, -0.2) is 40.0 Å². The highest BCUT2D eigenvalue weighted by atomic mass is 32.2. The van der Waals surface area contributed by atoms with Gasteiger partial charge in [0.2, 0.25) is 0 Å². The van der Waals surface area contributed by atoms with Gasteiger partial charge in [0.1, 0.15) is 0 Å². The van der Waals surface area contributed by atoms with E-state index in [9.17, 15) is 0 Å². The molecule has 0 spiro atoms.